The minimum atomic E-state index is 0.396. The van der Waals surface area contributed by atoms with Crippen LogP contribution in [-0.2, 0) is 4.74 Å². The van der Waals surface area contributed by atoms with Crippen molar-refractivity contribution in [2.24, 2.45) is 0 Å². The molecule has 1 unspecified atom stereocenters. The molecule has 1 aromatic carbocycles. The Hall–Kier alpha value is -0.0900. The predicted octanol–water partition coefficient (Wildman–Crippen LogP) is 2.36. The van der Waals surface area contributed by atoms with Crippen LogP contribution in [0.3, 0.4) is 0 Å². The van der Waals surface area contributed by atoms with Gasteiger partial charge in [-0.3, -0.25) is 0 Å². The highest BCUT2D eigenvalue weighted by Gasteiger charge is 2.25. The SMILES string of the molecule is Ic1ccccc1C1CO1. The third-order valence-corrected chi connectivity index (χ3v) is 2.57. The lowest BCUT2D eigenvalue weighted by molar-refractivity contribution is 0.415. The van der Waals surface area contributed by atoms with E-state index in [2.05, 4.69) is 40.8 Å². The summed E-state index contributed by atoms with van der Waals surface area (Å²) in [6, 6.07) is 8.34. The van der Waals surface area contributed by atoms with Gasteiger partial charge in [0.15, 0.2) is 0 Å². The first-order valence-corrected chi connectivity index (χ1v) is 4.32. The van der Waals surface area contributed by atoms with Gasteiger partial charge in [-0.05, 0) is 34.2 Å². The Balaban J connectivity index is 2.39. The summed E-state index contributed by atoms with van der Waals surface area (Å²) in [5.41, 5.74) is 1.34. The molecule has 0 amide bonds. The van der Waals surface area contributed by atoms with Crippen molar-refractivity contribution in [3.05, 3.63) is 33.4 Å². The van der Waals surface area contributed by atoms with Crippen molar-refractivity contribution in [2.75, 3.05) is 6.61 Å². The highest BCUT2D eigenvalue weighted by molar-refractivity contribution is 14.1. The summed E-state index contributed by atoms with van der Waals surface area (Å²) in [5, 5.41) is 0. The molecule has 10 heavy (non-hydrogen) atoms. The maximum absolute atomic E-state index is 5.17. The molecule has 1 fully saturated rings. The van der Waals surface area contributed by atoms with Crippen LogP contribution < -0.4 is 0 Å². The van der Waals surface area contributed by atoms with Gasteiger partial charge in [0.1, 0.15) is 6.10 Å². The first-order chi connectivity index (χ1) is 4.88. The van der Waals surface area contributed by atoms with E-state index in [-0.39, 0.29) is 0 Å². The third kappa shape index (κ3) is 1.18. The van der Waals surface area contributed by atoms with Crippen LogP contribution in [0.5, 0.6) is 0 Å². The predicted molar refractivity (Wildman–Crippen MR) is 47.9 cm³/mol. The molecule has 0 spiro atoms. The lowest BCUT2D eigenvalue weighted by atomic mass is 10.2. The lowest BCUT2D eigenvalue weighted by Gasteiger charge is -1.96. The average molecular weight is 246 g/mol. The van der Waals surface area contributed by atoms with Gasteiger partial charge in [-0.1, -0.05) is 18.2 Å². The van der Waals surface area contributed by atoms with Crippen LogP contribution in [0.2, 0.25) is 0 Å². The zero-order chi connectivity index (χ0) is 6.97. The fourth-order valence-electron chi connectivity index (χ4n) is 0.964. The van der Waals surface area contributed by atoms with Crippen LogP contribution in [0.1, 0.15) is 11.7 Å². The van der Waals surface area contributed by atoms with Crippen LogP contribution in [0.25, 0.3) is 0 Å². The van der Waals surface area contributed by atoms with Gasteiger partial charge in [0, 0.05) is 3.57 Å². The second kappa shape index (κ2) is 2.51. The second-order valence-electron chi connectivity index (χ2n) is 2.34. The zero-order valence-electron chi connectivity index (χ0n) is 5.38. The molecule has 0 bridgehead atoms. The highest BCUT2D eigenvalue weighted by atomic mass is 127. The first-order valence-electron chi connectivity index (χ1n) is 3.24. The molecule has 0 N–H and O–H groups in total. The van der Waals surface area contributed by atoms with Crippen LogP contribution >= 0.6 is 22.6 Å². The fraction of sp³-hybridized carbons (Fsp3) is 0.250. The van der Waals surface area contributed by atoms with Crippen molar-refractivity contribution in [3.63, 3.8) is 0 Å². The quantitative estimate of drug-likeness (QED) is 0.547. The number of benzene rings is 1. The first kappa shape index (κ1) is 6.61. The van der Waals surface area contributed by atoms with Gasteiger partial charge in [-0.25, -0.2) is 0 Å². The van der Waals surface area contributed by atoms with Gasteiger partial charge in [-0.15, -0.1) is 0 Å². The molecule has 1 aromatic rings. The molecular formula is C8H7IO. The Morgan fingerprint density at radius 1 is 1.40 bits per heavy atom. The molecule has 1 aliphatic heterocycles. The van der Waals surface area contributed by atoms with Crippen LogP contribution in [-0.4, -0.2) is 6.61 Å². The number of hydrogen-bond donors (Lipinski definition) is 0. The summed E-state index contributed by atoms with van der Waals surface area (Å²) < 4.78 is 6.48. The number of epoxide rings is 1. The van der Waals surface area contributed by atoms with Gasteiger partial charge >= 0.3 is 0 Å². The molecule has 2 heteroatoms. The Morgan fingerprint density at radius 3 is 2.70 bits per heavy atom. The second-order valence-corrected chi connectivity index (χ2v) is 3.51. The van der Waals surface area contributed by atoms with Gasteiger partial charge < -0.3 is 4.74 Å². The molecule has 2 rings (SSSR count). The standard InChI is InChI=1S/C8H7IO/c9-7-4-2-1-3-6(7)8-5-10-8/h1-4,8H,5H2. The Labute approximate surface area is 73.5 Å². The summed E-state index contributed by atoms with van der Waals surface area (Å²) in [5.74, 6) is 0. The van der Waals surface area contributed by atoms with Gasteiger partial charge in [0.25, 0.3) is 0 Å². The van der Waals surface area contributed by atoms with Crippen molar-refractivity contribution in [3.8, 4) is 0 Å². The summed E-state index contributed by atoms with van der Waals surface area (Å²) >= 11 is 2.34. The molecular weight excluding hydrogens is 239 g/mol. The average Bonchev–Trinajstić information content (AvgIpc) is 2.71. The molecule has 1 aliphatic rings. The number of hydrogen-bond acceptors (Lipinski definition) is 1. The minimum Gasteiger partial charge on any atom is -0.368 e. The van der Waals surface area contributed by atoms with Crippen LogP contribution in [0.15, 0.2) is 24.3 Å². The van der Waals surface area contributed by atoms with E-state index in [4.69, 9.17) is 4.74 Å². The summed E-state index contributed by atoms with van der Waals surface area (Å²) in [7, 11) is 0. The molecule has 1 heterocycles. The van der Waals surface area contributed by atoms with Gasteiger partial charge in [0.2, 0.25) is 0 Å². The smallest absolute Gasteiger partial charge is 0.107 e. The maximum atomic E-state index is 5.17. The Kier molecular flexibility index (Phi) is 1.66. The van der Waals surface area contributed by atoms with Crippen molar-refractivity contribution in [1.29, 1.82) is 0 Å². The molecule has 0 saturated carbocycles. The van der Waals surface area contributed by atoms with Gasteiger partial charge in [0.05, 0.1) is 6.61 Å². The normalized spacial score (nSPS) is 22.7. The molecule has 1 atom stereocenters. The van der Waals surface area contributed by atoms with E-state index < -0.39 is 0 Å². The van der Waals surface area contributed by atoms with Gasteiger partial charge in [-0.2, -0.15) is 0 Å². The van der Waals surface area contributed by atoms with Crippen molar-refractivity contribution in [1.82, 2.24) is 0 Å². The van der Waals surface area contributed by atoms with Crippen molar-refractivity contribution < 1.29 is 4.74 Å². The highest BCUT2D eigenvalue weighted by Crippen LogP contribution is 2.32. The van der Waals surface area contributed by atoms with E-state index in [9.17, 15) is 0 Å². The minimum absolute atomic E-state index is 0.396. The molecule has 0 aromatic heterocycles. The molecule has 0 radical (unpaired) electrons. The largest absolute Gasteiger partial charge is 0.368 e. The number of rotatable bonds is 1. The maximum Gasteiger partial charge on any atom is 0.107 e. The van der Waals surface area contributed by atoms with Crippen molar-refractivity contribution >= 4 is 22.6 Å². The van der Waals surface area contributed by atoms with Crippen LogP contribution in [0.4, 0.5) is 0 Å². The van der Waals surface area contributed by atoms with Crippen molar-refractivity contribution in [2.45, 2.75) is 6.10 Å². The zero-order valence-corrected chi connectivity index (χ0v) is 7.54. The van der Waals surface area contributed by atoms with Crippen LogP contribution in [0, 0.1) is 3.57 Å². The number of ether oxygens (including phenoxy) is 1. The summed E-state index contributed by atoms with van der Waals surface area (Å²) in [6.45, 7) is 0.903. The summed E-state index contributed by atoms with van der Waals surface area (Å²) in [6.07, 6.45) is 0.396. The Morgan fingerprint density at radius 2 is 2.10 bits per heavy atom. The third-order valence-electron chi connectivity index (χ3n) is 1.59. The van der Waals surface area contributed by atoms with E-state index >= 15 is 0 Å². The Bertz CT molecular complexity index is 243. The fourth-order valence-corrected chi connectivity index (χ4v) is 1.70. The topological polar surface area (TPSA) is 12.5 Å². The molecule has 1 saturated heterocycles. The van der Waals surface area contributed by atoms with E-state index in [0.717, 1.165) is 6.61 Å². The number of halogens is 1. The molecule has 0 aliphatic carbocycles. The van der Waals surface area contributed by atoms with E-state index in [0.29, 0.717) is 6.10 Å². The monoisotopic (exact) mass is 246 g/mol. The van der Waals surface area contributed by atoms with E-state index in [1.165, 1.54) is 9.13 Å². The lowest BCUT2D eigenvalue weighted by Crippen LogP contribution is -1.83. The summed E-state index contributed by atoms with van der Waals surface area (Å²) in [4.78, 5) is 0. The van der Waals surface area contributed by atoms with E-state index in [1.807, 2.05) is 6.07 Å². The van der Waals surface area contributed by atoms with E-state index in [1.54, 1.807) is 0 Å². The molecule has 1 nitrogen and oxygen atoms in total. The molecule has 52 valence electrons.